The number of carbonyl (C=O) groups excluding carboxylic acids is 1. The van der Waals surface area contributed by atoms with Crippen molar-refractivity contribution in [3.05, 3.63) is 70.5 Å². The number of nitrogens with zero attached hydrogens (tertiary/aromatic N) is 2. The Morgan fingerprint density at radius 1 is 1.09 bits per heavy atom. The van der Waals surface area contributed by atoms with Gasteiger partial charge in [0.25, 0.3) is 0 Å². The first-order valence-electron chi connectivity index (χ1n) is 12.4. The van der Waals surface area contributed by atoms with E-state index in [-0.39, 0.29) is 5.91 Å². The maximum Gasteiger partial charge on any atom is 0.246 e. The number of allylic oxidation sites excluding steroid dienone is 1. The number of carbonyl (C=O) groups is 1. The summed E-state index contributed by atoms with van der Waals surface area (Å²) in [4.78, 5) is 17.5. The molecule has 2 aromatic carbocycles. The Hall–Kier alpha value is -3.05. The lowest BCUT2D eigenvalue weighted by Gasteiger charge is -2.34. The summed E-state index contributed by atoms with van der Waals surface area (Å²) in [6.45, 7) is 8.29. The van der Waals surface area contributed by atoms with Crippen LogP contribution in [0.5, 0.6) is 5.75 Å². The second kappa shape index (κ2) is 9.67. The number of piperazine rings is 1. The molecule has 5 heteroatoms. The van der Waals surface area contributed by atoms with E-state index in [1.54, 1.807) is 13.2 Å². The van der Waals surface area contributed by atoms with E-state index in [1.165, 1.54) is 29.4 Å². The SMILES string of the molecule is COc1c(/C(C)=C/C(=O)N2CCN(Cc3ccccc3)CC2)cc2c3c(oc2c1C)CCCC3. The van der Waals surface area contributed by atoms with Crippen molar-refractivity contribution in [2.45, 2.75) is 46.1 Å². The topological polar surface area (TPSA) is 45.9 Å². The van der Waals surface area contributed by atoms with E-state index < -0.39 is 0 Å². The molecule has 2 heterocycles. The fraction of sp³-hybridized carbons (Fsp3) is 0.414. The molecule has 1 fully saturated rings. The van der Waals surface area contributed by atoms with Gasteiger partial charge >= 0.3 is 0 Å². The van der Waals surface area contributed by atoms with Gasteiger partial charge in [-0.25, -0.2) is 0 Å². The quantitative estimate of drug-likeness (QED) is 0.482. The number of furan rings is 1. The predicted octanol–water partition coefficient (Wildman–Crippen LogP) is 5.38. The number of amides is 1. The van der Waals surface area contributed by atoms with Crippen LogP contribution in [0.2, 0.25) is 0 Å². The van der Waals surface area contributed by atoms with Crippen molar-refractivity contribution in [3.8, 4) is 5.75 Å². The van der Waals surface area contributed by atoms with Crippen molar-refractivity contribution in [1.82, 2.24) is 9.80 Å². The first kappa shape index (κ1) is 22.7. The fourth-order valence-corrected chi connectivity index (χ4v) is 5.41. The standard InChI is InChI=1S/C29H34N2O3/c1-20(17-27(32)31-15-13-30(14-16-31)19-22-9-5-4-6-10-22)24-18-25-23-11-7-8-12-26(23)34-29(25)21(2)28(24)33-3/h4-6,9-10,17-18H,7-8,11-16,19H2,1-3H3/b20-17+. The molecule has 0 bridgehead atoms. The number of rotatable bonds is 5. The highest BCUT2D eigenvalue weighted by Gasteiger charge is 2.24. The summed E-state index contributed by atoms with van der Waals surface area (Å²) < 4.78 is 12.1. The number of ether oxygens (including phenoxy) is 1. The third-order valence-corrected chi connectivity index (χ3v) is 7.33. The number of methoxy groups -OCH3 is 1. The Kier molecular flexibility index (Phi) is 6.46. The monoisotopic (exact) mass is 458 g/mol. The number of benzene rings is 2. The van der Waals surface area contributed by atoms with Crippen LogP contribution in [0.25, 0.3) is 16.5 Å². The molecule has 0 radical (unpaired) electrons. The van der Waals surface area contributed by atoms with Crippen LogP contribution in [0, 0.1) is 6.92 Å². The van der Waals surface area contributed by atoms with E-state index in [9.17, 15) is 4.79 Å². The van der Waals surface area contributed by atoms with E-state index in [0.29, 0.717) is 0 Å². The zero-order chi connectivity index (χ0) is 23.7. The van der Waals surface area contributed by atoms with E-state index in [2.05, 4.69) is 42.2 Å². The van der Waals surface area contributed by atoms with Crippen molar-refractivity contribution in [2.24, 2.45) is 0 Å². The molecule has 5 rings (SSSR count). The molecule has 0 spiro atoms. The lowest BCUT2D eigenvalue weighted by molar-refractivity contribution is -0.127. The van der Waals surface area contributed by atoms with Crippen molar-refractivity contribution in [1.29, 1.82) is 0 Å². The van der Waals surface area contributed by atoms with E-state index in [1.807, 2.05) is 17.9 Å². The highest BCUT2D eigenvalue weighted by Crippen LogP contribution is 2.41. The first-order chi connectivity index (χ1) is 16.5. The Balaban J connectivity index is 1.34. The Morgan fingerprint density at radius 3 is 2.56 bits per heavy atom. The highest BCUT2D eigenvalue weighted by molar-refractivity contribution is 5.98. The minimum absolute atomic E-state index is 0.0749. The molecule has 2 aliphatic rings. The molecule has 34 heavy (non-hydrogen) atoms. The summed E-state index contributed by atoms with van der Waals surface area (Å²) in [5.74, 6) is 1.99. The summed E-state index contributed by atoms with van der Waals surface area (Å²) in [6, 6.07) is 12.7. The smallest absolute Gasteiger partial charge is 0.246 e. The summed E-state index contributed by atoms with van der Waals surface area (Å²) in [5.41, 5.74) is 6.52. The van der Waals surface area contributed by atoms with E-state index >= 15 is 0 Å². The molecule has 0 unspecified atom stereocenters. The largest absolute Gasteiger partial charge is 0.496 e. The van der Waals surface area contributed by atoms with Crippen molar-refractivity contribution < 1.29 is 13.9 Å². The number of hydrogen-bond donors (Lipinski definition) is 0. The van der Waals surface area contributed by atoms with Crippen molar-refractivity contribution in [3.63, 3.8) is 0 Å². The average molecular weight is 459 g/mol. The molecular weight excluding hydrogens is 424 g/mol. The van der Waals surface area contributed by atoms with Gasteiger partial charge in [0.15, 0.2) is 0 Å². The second-order valence-electron chi connectivity index (χ2n) is 9.58. The molecule has 3 aromatic rings. The van der Waals surface area contributed by atoms with Crippen LogP contribution in [-0.4, -0.2) is 49.0 Å². The van der Waals surface area contributed by atoms with Crippen LogP contribution in [0.3, 0.4) is 0 Å². The van der Waals surface area contributed by atoms with Crippen molar-refractivity contribution in [2.75, 3.05) is 33.3 Å². The zero-order valence-electron chi connectivity index (χ0n) is 20.5. The van der Waals surface area contributed by atoms with Crippen LogP contribution in [0.4, 0.5) is 0 Å². The first-order valence-corrected chi connectivity index (χ1v) is 12.4. The summed E-state index contributed by atoms with van der Waals surface area (Å²) in [5, 5.41) is 1.18. The maximum absolute atomic E-state index is 13.1. The molecule has 1 aromatic heterocycles. The normalized spacial score (nSPS) is 17.1. The number of aryl methyl sites for hydroxylation is 3. The summed E-state index contributed by atoms with van der Waals surface area (Å²) in [6.07, 6.45) is 6.23. The van der Waals surface area contributed by atoms with Gasteiger partial charge in [-0.15, -0.1) is 0 Å². The average Bonchev–Trinajstić information content (AvgIpc) is 3.24. The van der Waals surface area contributed by atoms with Gasteiger partial charge in [0, 0.05) is 67.3 Å². The molecule has 0 N–H and O–H groups in total. The Bertz CT molecular complexity index is 1220. The lowest BCUT2D eigenvalue weighted by atomic mass is 9.93. The van der Waals surface area contributed by atoms with Gasteiger partial charge < -0.3 is 14.1 Å². The maximum atomic E-state index is 13.1. The van der Waals surface area contributed by atoms with Crippen LogP contribution < -0.4 is 4.74 Å². The second-order valence-corrected chi connectivity index (χ2v) is 9.58. The minimum atomic E-state index is 0.0749. The Morgan fingerprint density at radius 2 is 1.82 bits per heavy atom. The highest BCUT2D eigenvalue weighted by atomic mass is 16.5. The predicted molar refractivity (Wildman–Crippen MR) is 136 cm³/mol. The molecule has 1 aliphatic heterocycles. The lowest BCUT2D eigenvalue weighted by Crippen LogP contribution is -2.47. The van der Waals surface area contributed by atoms with Crippen molar-refractivity contribution >= 4 is 22.4 Å². The third-order valence-electron chi connectivity index (χ3n) is 7.33. The van der Waals surface area contributed by atoms with Crippen LogP contribution >= 0.6 is 0 Å². The molecule has 0 saturated carbocycles. The van der Waals surface area contributed by atoms with Gasteiger partial charge in [-0.05, 0) is 50.3 Å². The van der Waals surface area contributed by atoms with Gasteiger partial charge in [-0.1, -0.05) is 30.3 Å². The summed E-state index contributed by atoms with van der Waals surface area (Å²) >= 11 is 0. The van der Waals surface area contributed by atoms with Gasteiger partial charge in [-0.3, -0.25) is 9.69 Å². The molecule has 1 aliphatic carbocycles. The van der Waals surface area contributed by atoms with E-state index in [4.69, 9.17) is 9.15 Å². The molecule has 0 atom stereocenters. The number of fused-ring (bicyclic) bond motifs is 3. The fourth-order valence-electron chi connectivity index (χ4n) is 5.41. The van der Waals surface area contributed by atoms with Gasteiger partial charge in [0.05, 0.1) is 7.11 Å². The summed E-state index contributed by atoms with van der Waals surface area (Å²) in [7, 11) is 1.70. The van der Waals surface area contributed by atoms with Crippen LogP contribution in [0.15, 0.2) is 46.9 Å². The molecule has 178 valence electrons. The third kappa shape index (κ3) is 4.37. The van der Waals surface area contributed by atoms with Gasteiger partial charge in [0.1, 0.15) is 17.1 Å². The molecular formula is C29H34N2O3. The van der Waals surface area contributed by atoms with E-state index in [0.717, 1.165) is 79.4 Å². The van der Waals surface area contributed by atoms with Gasteiger partial charge in [-0.2, -0.15) is 0 Å². The molecule has 1 amide bonds. The van der Waals surface area contributed by atoms with Crippen LogP contribution in [-0.2, 0) is 24.2 Å². The number of hydrogen-bond acceptors (Lipinski definition) is 4. The molecule has 5 nitrogen and oxygen atoms in total. The van der Waals surface area contributed by atoms with Gasteiger partial charge in [0.2, 0.25) is 5.91 Å². The molecule has 1 saturated heterocycles. The zero-order valence-corrected chi connectivity index (χ0v) is 20.5. The minimum Gasteiger partial charge on any atom is -0.496 e. The van der Waals surface area contributed by atoms with Crippen LogP contribution in [0.1, 0.15) is 47.8 Å². The Labute approximate surface area is 202 Å².